The topological polar surface area (TPSA) is 39.7 Å². The third-order valence-corrected chi connectivity index (χ3v) is 3.58. The Morgan fingerprint density at radius 2 is 2.11 bits per heavy atom. The quantitative estimate of drug-likeness (QED) is 0.768. The van der Waals surface area contributed by atoms with Crippen molar-refractivity contribution in [2.75, 3.05) is 27.4 Å². The van der Waals surface area contributed by atoms with Crippen LogP contribution in [0.3, 0.4) is 0 Å². The maximum absolute atomic E-state index is 5.54. The largest absolute Gasteiger partial charge is 0.493 e. The predicted octanol–water partition coefficient (Wildman–Crippen LogP) is 2.28. The molecule has 1 unspecified atom stereocenters. The van der Waals surface area contributed by atoms with Crippen LogP contribution in [-0.4, -0.2) is 33.7 Å². The Labute approximate surface area is 115 Å². The number of hydrogen-bond acceptors (Lipinski definition) is 4. The molecular weight excluding hydrogens is 242 g/mol. The van der Waals surface area contributed by atoms with Crippen molar-refractivity contribution in [2.24, 2.45) is 0 Å². The van der Waals surface area contributed by atoms with E-state index in [2.05, 4.69) is 30.4 Å². The summed E-state index contributed by atoms with van der Waals surface area (Å²) in [5.41, 5.74) is 2.62. The van der Waals surface area contributed by atoms with Gasteiger partial charge >= 0.3 is 0 Å². The van der Waals surface area contributed by atoms with E-state index in [0.717, 1.165) is 25.2 Å². The van der Waals surface area contributed by atoms with Crippen molar-refractivity contribution >= 4 is 0 Å². The highest BCUT2D eigenvalue weighted by Gasteiger charge is 2.16. The van der Waals surface area contributed by atoms with Gasteiger partial charge in [0, 0.05) is 33.2 Å². The van der Waals surface area contributed by atoms with Gasteiger partial charge in [0.05, 0.1) is 6.61 Å². The van der Waals surface area contributed by atoms with Crippen molar-refractivity contribution in [1.29, 1.82) is 0 Å². The Balaban J connectivity index is 2.01. The summed E-state index contributed by atoms with van der Waals surface area (Å²) in [5, 5.41) is 3.49. The summed E-state index contributed by atoms with van der Waals surface area (Å²) in [6.45, 7) is 3.66. The van der Waals surface area contributed by atoms with Crippen LogP contribution in [0.15, 0.2) is 18.2 Å². The Morgan fingerprint density at radius 1 is 1.32 bits per heavy atom. The zero-order valence-corrected chi connectivity index (χ0v) is 11.9. The average Bonchev–Trinajstić information content (AvgIpc) is 2.91. The molecule has 1 aromatic rings. The van der Waals surface area contributed by atoms with Crippen molar-refractivity contribution < 1.29 is 14.2 Å². The lowest BCUT2D eigenvalue weighted by Crippen LogP contribution is -2.32. The van der Waals surface area contributed by atoms with Crippen molar-refractivity contribution in [3.8, 4) is 5.75 Å². The van der Waals surface area contributed by atoms with Gasteiger partial charge in [-0.2, -0.15) is 0 Å². The molecular formula is C15H23NO3. The summed E-state index contributed by atoms with van der Waals surface area (Å²) >= 11 is 0. The summed E-state index contributed by atoms with van der Waals surface area (Å²) in [4.78, 5) is 0. The van der Waals surface area contributed by atoms with E-state index in [-0.39, 0.29) is 6.29 Å². The third-order valence-electron chi connectivity index (χ3n) is 3.58. The smallest absolute Gasteiger partial charge is 0.169 e. The molecule has 0 saturated carbocycles. The highest BCUT2D eigenvalue weighted by molar-refractivity contribution is 5.40. The maximum atomic E-state index is 5.54. The van der Waals surface area contributed by atoms with Crippen LogP contribution in [0, 0.1) is 0 Å². The molecule has 0 radical (unpaired) electrons. The fourth-order valence-electron chi connectivity index (χ4n) is 2.42. The van der Waals surface area contributed by atoms with Gasteiger partial charge in [-0.3, -0.25) is 0 Å². The van der Waals surface area contributed by atoms with E-state index in [0.29, 0.717) is 12.6 Å². The molecule has 106 valence electrons. The molecule has 0 aliphatic carbocycles. The maximum Gasteiger partial charge on any atom is 0.169 e. The number of methoxy groups -OCH3 is 2. The molecule has 0 amide bonds. The van der Waals surface area contributed by atoms with E-state index in [1.807, 2.05) is 0 Å². The standard InChI is InChI=1S/C15H23NO3/c1-4-13(16-10-15(17-2)18-3)11-5-6-14-12(9-11)7-8-19-14/h5-6,9,13,15-16H,4,7-8,10H2,1-3H3. The van der Waals surface area contributed by atoms with Gasteiger partial charge in [-0.05, 0) is 23.6 Å². The minimum absolute atomic E-state index is 0.202. The zero-order chi connectivity index (χ0) is 13.7. The van der Waals surface area contributed by atoms with Gasteiger partial charge < -0.3 is 19.5 Å². The van der Waals surface area contributed by atoms with Crippen LogP contribution >= 0.6 is 0 Å². The van der Waals surface area contributed by atoms with Crippen LogP contribution in [-0.2, 0) is 15.9 Å². The normalized spacial score (nSPS) is 15.4. The van der Waals surface area contributed by atoms with Crippen molar-refractivity contribution in [3.63, 3.8) is 0 Å². The number of benzene rings is 1. The first-order valence-corrected chi connectivity index (χ1v) is 6.83. The Morgan fingerprint density at radius 3 is 2.79 bits per heavy atom. The molecule has 4 nitrogen and oxygen atoms in total. The zero-order valence-electron chi connectivity index (χ0n) is 11.9. The number of ether oxygens (including phenoxy) is 3. The molecule has 4 heteroatoms. The Kier molecular flexibility index (Phi) is 5.19. The first-order valence-electron chi connectivity index (χ1n) is 6.83. The van der Waals surface area contributed by atoms with E-state index in [4.69, 9.17) is 14.2 Å². The van der Waals surface area contributed by atoms with Crippen LogP contribution in [0.5, 0.6) is 5.75 Å². The average molecular weight is 265 g/mol. The van der Waals surface area contributed by atoms with Crippen LogP contribution in [0.4, 0.5) is 0 Å². The molecule has 1 atom stereocenters. The number of rotatable bonds is 7. The number of fused-ring (bicyclic) bond motifs is 1. The van der Waals surface area contributed by atoms with E-state index in [1.165, 1.54) is 11.1 Å². The summed E-state index contributed by atoms with van der Waals surface area (Å²) in [7, 11) is 3.31. The van der Waals surface area contributed by atoms with Gasteiger partial charge in [0.25, 0.3) is 0 Å². The molecule has 0 fully saturated rings. The van der Waals surface area contributed by atoms with Crippen LogP contribution in [0.25, 0.3) is 0 Å². The van der Waals surface area contributed by atoms with E-state index in [9.17, 15) is 0 Å². The fourth-order valence-corrected chi connectivity index (χ4v) is 2.42. The van der Waals surface area contributed by atoms with Gasteiger partial charge in [-0.1, -0.05) is 19.1 Å². The lowest BCUT2D eigenvalue weighted by Gasteiger charge is -2.21. The van der Waals surface area contributed by atoms with Crippen LogP contribution < -0.4 is 10.1 Å². The fraction of sp³-hybridized carbons (Fsp3) is 0.600. The molecule has 1 aliphatic rings. The molecule has 1 heterocycles. The minimum Gasteiger partial charge on any atom is -0.493 e. The first kappa shape index (κ1) is 14.3. The monoisotopic (exact) mass is 265 g/mol. The van der Waals surface area contributed by atoms with Crippen molar-refractivity contribution in [3.05, 3.63) is 29.3 Å². The summed E-state index contributed by atoms with van der Waals surface area (Å²) in [6.07, 6.45) is 1.84. The van der Waals surface area contributed by atoms with E-state index >= 15 is 0 Å². The molecule has 0 saturated heterocycles. The third kappa shape index (κ3) is 3.47. The minimum atomic E-state index is -0.202. The van der Waals surface area contributed by atoms with Crippen LogP contribution in [0.1, 0.15) is 30.5 Å². The molecule has 1 aliphatic heterocycles. The van der Waals surface area contributed by atoms with Crippen molar-refractivity contribution in [2.45, 2.75) is 32.1 Å². The van der Waals surface area contributed by atoms with Gasteiger partial charge in [0.2, 0.25) is 0 Å². The summed E-state index contributed by atoms with van der Waals surface area (Å²) < 4.78 is 15.9. The van der Waals surface area contributed by atoms with Gasteiger partial charge in [-0.15, -0.1) is 0 Å². The second-order valence-corrected chi connectivity index (χ2v) is 4.74. The molecule has 0 spiro atoms. The molecule has 0 aromatic heterocycles. The lowest BCUT2D eigenvalue weighted by atomic mass is 10.0. The van der Waals surface area contributed by atoms with E-state index in [1.54, 1.807) is 14.2 Å². The second-order valence-electron chi connectivity index (χ2n) is 4.74. The highest BCUT2D eigenvalue weighted by atomic mass is 16.7. The summed E-state index contributed by atoms with van der Waals surface area (Å²) in [5.74, 6) is 1.03. The van der Waals surface area contributed by atoms with Gasteiger partial charge in [0.15, 0.2) is 6.29 Å². The lowest BCUT2D eigenvalue weighted by molar-refractivity contribution is -0.0999. The van der Waals surface area contributed by atoms with Crippen LogP contribution in [0.2, 0.25) is 0 Å². The molecule has 2 rings (SSSR count). The second kappa shape index (κ2) is 6.89. The highest BCUT2D eigenvalue weighted by Crippen LogP contribution is 2.29. The van der Waals surface area contributed by atoms with Crippen molar-refractivity contribution in [1.82, 2.24) is 5.32 Å². The molecule has 1 N–H and O–H groups in total. The Hall–Kier alpha value is -1.10. The number of hydrogen-bond donors (Lipinski definition) is 1. The predicted molar refractivity (Wildman–Crippen MR) is 74.5 cm³/mol. The van der Waals surface area contributed by atoms with Gasteiger partial charge in [0.1, 0.15) is 5.75 Å². The summed E-state index contributed by atoms with van der Waals surface area (Å²) in [6, 6.07) is 6.78. The first-order chi connectivity index (χ1) is 9.28. The molecule has 19 heavy (non-hydrogen) atoms. The van der Waals surface area contributed by atoms with E-state index < -0.39 is 0 Å². The molecule has 1 aromatic carbocycles. The van der Waals surface area contributed by atoms with Gasteiger partial charge in [-0.25, -0.2) is 0 Å². The SMILES string of the molecule is CCC(NCC(OC)OC)c1ccc2c(c1)CCO2. The number of nitrogens with one attached hydrogen (secondary N) is 1. The molecule has 0 bridgehead atoms. The Bertz CT molecular complexity index is 404.